The Morgan fingerprint density at radius 2 is 1.83 bits per heavy atom. The number of hydrogen-bond acceptors (Lipinski definition) is 3. The van der Waals surface area contributed by atoms with Crippen LogP contribution in [0.3, 0.4) is 0 Å². The SMILES string of the molecule is O=C(O)c1ccoc1C(O)c1cc(F)cc(F)c1. The number of carboxylic acid groups (broad SMARTS) is 1. The molecule has 0 spiro atoms. The molecular formula is C12H8F2O4. The Morgan fingerprint density at radius 3 is 2.39 bits per heavy atom. The summed E-state index contributed by atoms with van der Waals surface area (Å²) in [6.07, 6.45) is -0.464. The van der Waals surface area contributed by atoms with Crippen LogP contribution in [0.4, 0.5) is 8.78 Å². The predicted octanol–water partition coefficient (Wildman–Crippen LogP) is 2.34. The van der Waals surface area contributed by atoms with Gasteiger partial charge in [0.1, 0.15) is 23.3 Å². The molecule has 0 aliphatic rings. The highest BCUT2D eigenvalue weighted by atomic mass is 19.1. The Morgan fingerprint density at radius 1 is 1.22 bits per heavy atom. The third kappa shape index (κ3) is 2.23. The van der Waals surface area contributed by atoms with Crippen molar-refractivity contribution in [3.05, 3.63) is 59.1 Å². The van der Waals surface area contributed by atoms with Gasteiger partial charge in [-0.05, 0) is 23.8 Å². The molecule has 2 rings (SSSR count). The van der Waals surface area contributed by atoms with Crippen molar-refractivity contribution in [1.29, 1.82) is 0 Å². The maximum atomic E-state index is 13.0. The topological polar surface area (TPSA) is 70.7 Å². The van der Waals surface area contributed by atoms with E-state index in [2.05, 4.69) is 0 Å². The van der Waals surface area contributed by atoms with Crippen molar-refractivity contribution in [1.82, 2.24) is 0 Å². The second kappa shape index (κ2) is 4.58. The van der Waals surface area contributed by atoms with Gasteiger partial charge < -0.3 is 14.6 Å². The van der Waals surface area contributed by atoms with Crippen LogP contribution in [0, 0.1) is 11.6 Å². The first-order valence-electron chi connectivity index (χ1n) is 4.94. The number of carbonyl (C=O) groups is 1. The summed E-state index contributed by atoms with van der Waals surface area (Å²) in [7, 11) is 0. The third-order valence-electron chi connectivity index (χ3n) is 2.37. The predicted molar refractivity (Wildman–Crippen MR) is 56.1 cm³/mol. The molecule has 1 unspecified atom stereocenters. The smallest absolute Gasteiger partial charge is 0.339 e. The number of hydrogen-bond donors (Lipinski definition) is 2. The molecule has 0 saturated heterocycles. The fourth-order valence-electron chi connectivity index (χ4n) is 1.59. The lowest BCUT2D eigenvalue weighted by molar-refractivity contribution is 0.0687. The van der Waals surface area contributed by atoms with Crippen LogP contribution in [0.15, 0.2) is 34.9 Å². The van der Waals surface area contributed by atoms with E-state index < -0.39 is 23.7 Å². The number of halogens is 2. The van der Waals surface area contributed by atoms with E-state index in [0.29, 0.717) is 6.07 Å². The fraction of sp³-hybridized carbons (Fsp3) is 0.0833. The zero-order valence-electron chi connectivity index (χ0n) is 8.93. The normalized spacial score (nSPS) is 12.4. The van der Waals surface area contributed by atoms with E-state index in [1.165, 1.54) is 0 Å². The summed E-state index contributed by atoms with van der Waals surface area (Å²) in [4.78, 5) is 10.8. The Labute approximate surface area is 100 Å². The highest BCUT2D eigenvalue weighted by Gasteiger charge is 2.23. The molecule has 1 aromatic carbocycles. The number of carboxylic acids is 1. The molecule has 2 N–H and O–H groups in total. The molecule has 0 amide bonds. The van der Waals surface area contributed by atoms with Crippen LogP contribution < -0.4 is 0 Å². The van der Waals surface area contributed by atoms with Gasteiger partial charge in [0, 0.05) is 6.07 Å². The summed E-state index contributed by atoms with van der Waals surface area (Å²) < 4.78 is 30.8. The van der Waals surface area contributed by atoms with Gasteiger partial charge in [-0.2, -0.15) is 0 Å². The number of aliphatic hydroxyl groups excluding tert-OH is 1. The van der Waals surface area contributed by atoms with Crippen molar-refractivity contribution in [2.24, 2.45) is 0 Å². The summed E-state index contributed by atoms with van der Waals surface area (Å²) in [5.41, 5.74) is -0.378. The van der Waals surface area contributed by atoms with E-state index in [4.69, 9.17) is 9.52 Å². The van der Waals surface area contributed by atoms with E-state index >= 15 is 0 Å². The first-order valence-corrected chi connectivity index (χ1v) is 4.94. The van der Waals surface area contributed by atoms with Crippen molar-refractivity contribution in [2.75, 3.05) is 0 Å². The molecule has 0 aliphatic heterocycles. The lowest BCUT2D eigenvalue weighted by Crippen LogP contribution is -2.06. The van der Waals surface area contributed by atoms with E-state index in [9.17, 15) is 18.7 Å². The van der Waals surface area contributed by atoms with Crippen molar-refractivity contribution < 1.29 is 28.2 Å². The van der Waals surface area contributed by atoms with Crippen LogP contribution in [0.1, 0.15) is 27.8 Å². The summed E-state index contributed by atoms with van der Waals surface area (Å²) >= 11 is 0. The molecule has 0 fully saturated rings. The van der Waals surface area contributed by atoms with E-state index in [1.807, 2.05) is 0 Å². The van der Waals surface area contributed by atoms with Gasteiger partial charge in [0.15, 0.2) is 5.76 Å². The number of aliphatic hydroxyl groups is 1. The quantitative estimate of drug-likeness (QED) is 0.881. The van der Waals surface area contributed by atoms with Crippen LogP contribution in [-0.4, -0.2) is 16.2 Å². The van der Waals surface area contributed by atoms with Crippen molar-refractivity contribution >= 4 is 5.97 Å². The zero-order valence-corrected chi connectivity index (χ0v) is 8.93. The molecule has 0 bridgehead atoms. The highest BCUT2D eigenvalue weighted by molar-refractivity contribution is 5.88. The van der Waals surface area contributed by atoms with Crippen molar-refractivity contribution in [3.63, 3.8) is 0 Å². The van der Waals surface area contributed by atoms with Gasteiger partial charge in [0.2, 0.25) is 0 Å². The summed E-state index contributed by atoms with van der Waals surface area (Å²) in [5, 5.41) is 18.7. The minimum atomic E-state index is -1.55. The van der Waals surface area contributed by atoms with Crippen LogP contribution in [0.5, 0.6) is 0 Å². The average molecular weight is 254 g/mol. The van der Waals surface area contributed by atoms with E-state index in [1.54, 1.807) is 0 Å². The van der Waals surface area contributed by atoms with Gasteiger partial charge in [0.25, 0.3) is 0 Å². The molecule has 6 heteroatoms. The second-order valence-corrected chi connectivity index (χ2v) is 3.61. The molecule has 1 heterocycles. The second-order valence-electron chi connectivity index (χ2n) is 3.61. The summed E-state index contributed by atoms with van der Waals surface area (Å²) in [6, 6.07) is 3.61. The van der Waals surface area contributed by atoms with Gasteiger partial charge in [-0.3, -0.25) is 0 Å². The molecule has 18 heavy (non-hydrogen) atoms. The first-order chi connectivity index (χ1) is 8.49. The minimum Gasteiger partial charge on any atom is -0.478 e. The molecule has 0 aliphatic carbocycles. The van der Waals surface area contributed by atoms with Gasteiger partial charge in [-0.25, -0.2) is 13.6 Å². The Hall–Kier alpha value is -2.21. The summed E-state index contributed by atoms with van der Waals surface area (Å²) in [6.45, 7) is 0. The van der Waals surface area contributed by atoms with Gasteiger partial charge in [-0.15, -0.1) is 0 Å². The van der Waals surface area contributed by atoms with Crippen molar-refractivity contribution in [3.8, 4) is 0 Å². The largest absolute Gasteiger partial charge is 0.478 e. The molecule has 0 radical (unpaired) electrons. The molecule has 4 nitrogen and oxygen atoms in total. The molecule has 1 atom stereocenters. The lowest BCUT2D eigenvalue weighted by Gasteiger charge is -2.09. The first kappa shape index (κ1) is 12.3. The maximum Gasteiger partial charge on any atom is 0.339 e. The average Bonchev–Trinajstić information content (AvgIpc) is 2.75. The molecule has 2 aromatic rings. The number of rotatable bonds is 3. The highest BCUT2D eigenvalue weighted by Crippen LogP contribution is 2.27. The standard InChI is InChI=1S/C12H8F2O4/c13-7-3-6(4-8(14)5-7)10(15)11-9(12(16)17)1-2-18-11/h1-5,10,15H,(H,16,17). The molecular weight excluding hydrogens is 246 g/mol. The van der Waals surface area contributed by atoms with Crippen LogP contribution >= 0.6 is 0 Å². The maximum absolute atomic E-state index is 13.0. The van der Waals surface area contributed by atoms with Crippen LogP contribution in [0.25, 0.3) is 0 Å². The minimum absolute atomic E-state index is 0.120. The van der Waals surface area contributed by atoms with Crippen molar-refractivity contribution in [2.45, 2.75) is 6.10 Å². The monoisotopic (exact) mass is 254 g/mol. The molecule has 94 valence electrons. The van der Waals surface area contributed by atoms with E-state index in [0.717, 1.165) is 24.5 Å². The van der Waals surface area contributed by atoms with Crippen LogP contribution in [0.2, 0.25) is 0 Å². The molecule has 1 aromatic heterocycles. The third-order valence-corrected chi connectivity index (χ3v) is 2.37. The lowest BCUT2D eigenvalue weighted by atomic mass is 10.0. The Bertz CT molecular complexity index is 571. The zero-order chi connectivity index (χ0) is 13.3. The van der Waals surface area contributed by atoms with Gasteiger partial charge in [0.05, 0.1) is 6.26 Å². The number of furan rings is 1. The van der Waals surface area contributed by atoms with Gasteiger partial charge >= 0.3 is 5.97 Å². The Balaban J connectivity index is 2.44. The number of benzene rings is 1. The number of aromatic carboxylic acids is 1. The summed E-state index contributed by atoms with van der Waals surface area (Å²) in [5.74, 6) is -3.30. The Kier molecular flexibility index (Phi) is 3.12. The molecule has 0 saturated carbocycles. The van der Waals surface area contributed by atoms with Crippen LogP contribution in [-0.2, 0) is 0 Å². The van der Waals surface area contributed by atoms with Gasteiger partial charge in [-0.1, -0.05) is 0 Å². The van der Waals surface area contributed by atoms with E-state index in [-0.39, 0.29) is 16.9 Å². The fourth-order valence-corrected chi connectivity index (χ4v) is 1.59.